The van der Waals surface area contributed by atoms with Crippen molar-refractivity contribution in [3.8, 4) is 6.07 Å². The van der Waals surface area contributed by atoms with Gasteiger partial charge in [0.2, 0.25) is 0 Å². The van der Waals surface area contributed by atoms with Gasteiger partial charge in [-0.2, -0.15) is 5.26 Å². The van der Waals surface area contributed by atoms with Crippen LogP contribution in [-0.4, -0.2) is 38.0 Å². The van der Waals surface area contributed by atoms with Crippen LogP contribution >= 0.6 is 0 Å². The van der Waals surface area contributed by atoms with Gasteiger partial charge in [0.15, 0.2) is 0 Å². The molecule has 1 atom stereocenters. The van der Waals surface area contributed by atoms with Crippen molar-refractivity contribution in [2.24, 2.45) is 0 Å². The van der Waals surface area contributed by atoms with Gasteiger partial charge in [-0.3, -0.25) is 5.32 Å². The molecule has 1 fully saturated rings. The fraction of sp³-hybridized carbons (Fsp3) is 0.923. The summed E-state index contributed by atoms with van der Waals surface area (Å²) in [5, 5.41) is 12.3. The molecule has 1 aliphatic heterocycles. The van der Waals surface area contributed by atoms with Crippen LogP contribution in [0.4, 0.5) is 0 Å². The first-order valence-corrected chi connectivity index (χ1v) is 6.56. The van der Waals surface area contributed by atoms with Crippen LogP contribution in [0.1, 0.15) is 39.5 Å². The van der Waals surface area contributed by atoms with Crippen LogP contribution in [-0.2, 0) is 9.47 Å². The minimum Gasteiger partial charge on any atom is -0.381 e. The maximum atomic E-state index is 9.09. The van der Waals surface area contributed by atoms with E-state index in [-0.39, 0.29) is 0 Å². The van der Waals surface area contributed by atoms with E-state index in [9.17, 15) is 0 Å². The quantitative estimate of drug-likeness (QED) is 0.690. The summed E-state index contributed by atoms with van der Waals surface area (Å²) in [7, 11) is 0. The summed E-state index contributed by atoms with van der Waals surface area (Å²) >= 11 is 0. The van der Waals surface area contributed by atoms with E-state index in [4.69, 9.17) is 14.7 Å². The highest BCUT2D eigenvalue weighted by molar-refractivity contribution is 5.03. The molecule has 0 bridgehead atoms. The zero-order valence-electron chi connectivity index (χ0n) is 11.0. The van der Waals surface area contributed by atoms with E-state index in [2.05, 4.69) is 11.4 Å². The third-order valence-corrected chi connectivity index (χ3v) is 3.16. The zero-order valence-corrected chi connectivity index (χ0v) is 11.0. The van der Waals surface area contributed by atoms with Crippen molar-refractivity contribution < 1.29 is 9.47 Å². The molecule has 0 saturated carbocycles. The van der Waals surface area contributed by atoms with E-state index in [0.29, 0.717) is 6.10 Å². The summed E-state index contributed by atoms with van der Waals surface area (Å²) in [6.07, 6.45) is 4.12. The summed E-state index contributed by atoms with van der Waals surface area (Å²) in [5.74, 6) is 0. The number of hydrogen-bond acceptors (Lipinski definition) is 4. The smallest absolute Gasteiger partial charge is 0.104 e. The molecule has 0 amide bonds. The molecule has 0 aromatic rings. The van der Waals surface area contributed by atoms with Gasteiger partial charge in [-0.1, -0.05) is 6.92 Å². The Balaban J connectivity index is 2.12. The second kappa shape index (κ2) is 7.65. The van der Waals surface area contributed by atoms with Gasteiger partial charge in [-0.05, 0) is 39.2 Å². The monoisotopic (exact) mass is 240 g/mol. The highest BCUT2D eigenvalue weighted by atomic mass is 16.5. The largest absolute Gasteiger partial charge is 0.381 e. The van der Waals surface area contributed by atoms with E-state index in [1.807, 2.05) is 13.8 Å². The molecule has 98 valence electrons. The molecule has 4 heteroatoms. The lowest BCUT2D eigenvalue weighted by Gasteiger charge is -2.25. The maximum Gasteiger partial charge on any atom is 0.104 e. The first-order chi connectivity index (χ1) is 8.20. The van der Waals surface area contributed by atoms with E-state index in [0.717, 1.165) is 52.0 Å². The van der Waals surface area contributed by atoms with E-state index < -0.39 is 5.54 Å². The average Bonchev–Trinajstić information content (AvgIpc) is 2.36. The predicted molar refractivity (Wildman–Crippen MR) is 66.7 cm³/mol. The van der Waals surface area contributed by atoms with Crippen LogP contribution < -0.4 is 5.32 Å². The van der Waals surface area contributed by atoms with Crippen molar-refractivity contribution in [3.05, 3.63) is 0 Å². The number of nitrogens with zero attached hydrogens (tertiary/aromatic N) is 1. The van der Waals surface area contributed by atoms with Crippen molar-refractivity contribution in [1.82, 2.24) is 5.32 Å². The zero-order chi connectivity index (χ0) is 12.6. The number of nitrogens with one attached hydrogen (secondary N) is 1. The van der Waals surface area contributed by atoms with Crippen LogP contribution in [0.5, 0.6) is 0 Å². The topological polar surface area (TPSA) is 54.3 Å². The number of hydrogen-bond donors (Lipinski definition) is 1. The number of rotatable bonds is 7. The molecule has 0 aromatic heterocycles. The van der Waals surface area contributed by atoms with E-state index in [1.54, 1.807) is 0 Å². The van der Waals surface area contributed by atoms with E-state index >= 15 is 0 Å². The summed E-state index contributed by atoms with van der Waals surface area (Å²) in [4.78, 5) is 0. The Labute approximate surface area is 104 Å². The first-order valence-electron chi connectivity index (χ1n) is 6.56. The lowest BCUT2D eigenvalue weighted by molar-refractivity contribution is -0.0333. The second-order valence-corrected chi connectivity index (χ2v) is 4.76. The van der Waals surface area contributed by atoms with Gasteiger partial charge in [0.05, 0.1) is 12.2 Å². The molecule has 0 radical (unpaired) electrons. The van der Waals surface area contributed by atoms with Gasteiger partial charge >= 0.3 is 0 Å². The number of ether oxygens (including phenoxy) is 2. The SMILES string of the molecule is CCNC(C)(C#N)CCCOC1CCOCC1. The molecule has 1 heterocycles. The van der Waals surface area contributed by atoms with Gasteiger partial charge in [0, 0.05) is 19.8 Å². The molecular weight excluding hydrogens is 216 g/mol. The normalized spacial score (nSPS) is 20.8. The van der Waals surface area contributed by atoms with Crippen LogP contribution in [0.2, 0.25) is 0 Å². The van der Waals surface area contributed by atoms with E-state index in [1.165, 1.54) is 0 Å². The summed E-state index contributed by atoms with van der Waals surface area (Å²) in [5.41, 5.74) is -0.409. The van der Waals surface area contributed by atoms with Gasteiger partial charge < -0.3 is 9.47 Å². The van der Waals surface area contributed by atoms with Gasteiger partial charge in [0.25, 0.3) is 0 Å². The molecule has 17 heavy (non-hydrogen) atoms. The highest BCUT2D eigenvalue weighted by Crippen LogP contribution is 2.14. The van der Waals surface area contributed by atoms with Gasteiger partial charge in [0.1, 0.15) is 5.54 Å². The fourth-order valence-electron chi connectivity index (χ4n) is 2.09. The molecule has 1 N–H and O–H groups in total. The average molecular weight is 240 g/mol. The fourth-order valence-corrected chi connectivity index (χ4v) is 2.09. The summed E-state index contributed by atoms with van der Waals surface area (Å²) in [6, 6.07) is 2.33. The summed E-state index contributed by atoms with van der Waals surface area (Å²) in [6.45, 7) is 7.17. The molecular formula is C13H24N2O2. The molecule has 1 aliphatic rings. The Hall–Kier alpha value is -0.630. The third kappa shape index (κ3) is 5.49. The first kappa shape index (κ1) is 14.4. The second-order valence-electron chi connectivity index (χ2n) is 4.76. The van der Waals surface area contributed by atoms with Crippen LogP contribution in [0.3, 0.4) is 0 Å². The molecule has 1 saturated heterocycles. The van der Waals surface area contributed by atoms with Crippen molar-refractivity contribution >= 4 is 0 Å². The minimum atomic E-state index is -0.409. The molecule has 1 unspecified atom stereocenters. The Morgan fingerprint density at radius 2 is 2.18 bits per heavy atom. The van der Waals surface area contributed by atoms with Gasteiger partial charge in [-0.15, -0.1) is 0 Å². The lowest BCUT2D eigenvalue weighted by atomic mass is 9.98. The highest BCUT2D eigenvalue weighted by Gasteiger charge is 2.21. The lowest BCUT2D eigenvalue weighted by Crippen LogP contribution is -2.41. The molecule has 0 aliphatic carbocycles. The summed E-state index contributed by atoms with van der Waals surface area (Å²) < 4.78 is 11.1. The minimum absolute atomic E-state index is 0.358. The van der Waals surface area contributed by atoms with Crippen LogP contribution in [0, 0.1) is 11.3 Å². The van der Waals surface area contributed by atoms with Crippen molar-refractivity contribution in [2.75, 3.05) is 26.4 Å². The van der Waals surface area contributed by atoms with Crippen LogP contribution in [0.25, 0.3) is 0 Å². The van der Waals surface area contributed by atoms with Crippen molar-refractivity contribution in [2.45, 2.75) is 51.2 Å². The Bertz CT molecular complexity index is 246. The van der Waals surface area contributed by atoms with Crippen molar-refractivity contribution in [3.63, 3.8) is 0 Å². The Morgan fingerprint density at radius 3 is 2.76 bits per heavy atom. The van der Waals surface area contributed by atoms with Crippen LogP contribution in [0.15, 0.2) is 0 Å². The standard InChI is InChI=1S/C13H24N2O2/c1-3-15-13(2,11-14)7-4-8-17-12-5-9-16-10-6-12/h12,15H,3-10H2,1-2H3. The maximum absolute atomic E-state index is 9.09. The number of nitriles is 1. The predicted octanol–water partition coefficient (Wildman–Crippen LogP) is 1.85. The Morgan fingerprint density at radius 1 is 1.47 bits per heavy atom. The Kier molecular flexibility index (Phi) is 6.49. The molecule has 0 aromatic carbocycles. The van der Waals surface area contributed by atoms with Crippen molar-refractivity contribution in [1.29, 1.82) is 5.26 Å². The third-order valence-electron chi connectivity index (χ3n) is 3.16. The molecule has 0 spiro atoms. The molecule has 1 rings (SSSR count). The van der Waals surface area contributed by atoms with Gasteiger partial charge in [-0.25, -0.2) is 0 Å². The molecule has 4 nitrogen and oxygen atoms in total.